The molecule has 227 valence electrons. The van der Waals surface area contributed by atoms with Gasteiger partial charge in [0, 0.05) is 24.3 Å². The second-order valence-electron chi connectivity index (χ2n) is 10.6. The Morgan fingerprint density at radius 3 is 2.40 bits per heavy atom. The lowest BCUT2D eigenvalue weighted by Crippen LogP contribution is -2.47. The van der Waals surface area contributed by atoms with Crippen LogP contribution in [0.1, 0.15) is 60.1 Å². The van der Waals surface area contributed by atoms with E-state index in [0.29, 0.717) is 36.5 Å². The van der Waals surface area contributed by atoms with E-state index in [-0.39, 0.29) is 24.3 Å². The van der Waals surface area contributed by atoms with Crippen molar-refractivity contribution in [2.75, 3.05) is 12.3 Å². The van der Waals surface area contributed by atoms with E-state index >= 15 is 0 Å². The van der Waals surface area contributed by atoms with Gasteiger partial charge in [-0.1, -0.05) is 25.5 Å². The zero-order valence-corrected chi connectivity index (χ0v) is 23.9. The summed E-state index contributed by atoms with van der Waals surface area (Å²) in [5.74, 6) is -2.25. The Labute approximate surface area is 241 Å². The van der Waals surface area contributed by atoms with Gasteiger partial charge in [0.2, 0.25) is 0 Å². The molecule has 0 spiro atoms. The first-order valence-electron chi connectivity index (χ1n) is 13.5. The highest BCUT2D eigenvalue weighted by Crippen LogP contribution is 2.46. The molecular formula is C29H32F5N4O3S. The highest BCUT2D eigenvalue weighted by molar-refractivity contribution is 7.91. The quantitative estimate of drug-likeness (QED) is 0.251. The van der Waals surface area contributed by atoms with Gasteiger partial charge in [0.15, 0.2) is 9.84 Å². The van der Waals surface area contributed by atoms with Gasteiger partial charge in [0.25, 0.3) is 0 Å². The molecule has 4 rings (SSSR count). The summed E-state index contributed by atoms with van der Waals surface area (Å²) in [5.41, 5.74) is -0.638. The molecule has 2 atom stereocenters. The summed E-state index contributed by atoms with van der Waals surface area (Å²) < 4.78 is 96.8. The smallest absolute Gasteiger partial charge is 0.331 e. The van der Waals surface area contributed by atoms with Crippen molar-refractivity contribution >= 4 is 15.9 Å². The lowest BCUT2D eigenvalue weighted by Gasteiger charge is -2.29. The molecule has 1 fully saturated rings. The molecule has 1 radical (unpaired) electrons. The molecule has 2 aromatic carbocycles. The van der Waals surface area contributed by atoms with E-state index in [2.05, 4.69) is 15.7 Å². The number of unbranched alkanes of at least 4 members (excludes halogenated alkanes) is 1. The molecule has 1 heterocycles. The third-order valence-corrected chi connectivity index (χ3v) is 9.42. The number of carbonyl (C=O) groups excluding carboxylic acids is 1. The van der Waals surface area contributed by atoms with Gasteiger partial charge in [-0.3, -0.25) is 0 Å². The van der Waals surface area contributed by atoms with Crippen LogP contribution in [0.5, 0.6) is 0 Å². The Kier molecular flexibility index (Phi) is 9.41. The Morgan fingerprint density at radius 1 is 1.14 bits per heavy atom. The average Bonchev–Trinajstić information content (AvgIpc) is 3.57. The molecule has 0 bridgehead atoms. The van der Waals surface area contributed by atoms with Gasteiger partial charge in [0.05, 0.1) is 23.6 Å². The van der Waals surface area contributed by atoms with Crippen LogP contribution in [0.25, 0.3) is 0 Å². The number of rotatable bonds is 12. The number of halogens is 5. The average molecular weight is 612 g/mol. The van der Waals surface area contributed by atoms with E-state index in [1.807, 2.05) is 0 Å². The SMILES string of the molecule is CCCCS(=O)(=O)C(c1cc(F)cc(F)c1)[C@H]([CH]CNC1(c2cccc(C(F)(F)F)c2)CC1)NC(=O)n1cc(C)cn1. The number of aromatic nitrogens is 2. The highest BCUT2D eigenvalue weighted by Gasteiger charge is 2.45. The van der Waals surface area contributed by atoms with Gasteiger partial charge in [-0.15, -0.1) is 0 Å². The van der Waals surface area contributed by atoms with Crippen LogP contribution in [0.2, 0.25) is 0 Å². The molecule has 2 N–H and O–H groups in total. The van der Waals surface area contributed by atoms with Crippen LogP contribution < -0.4 is 10.6 Å². The third-order valence-electron chi connectivity index (χ3n) is 7.22. The highest BCUT2D eigenvalue weighted by atomic mass is 32.2. The van der Waals surface area contributed by atoms with Gasteiger partial charge in [0.1, 0.15) is 16.9 Å². The van der Waals surface area contributed by atoms with Gasteiger partial charge in [-0.05, 0) is 73.6 Å². The van der Waals surface area contributed by atoms with Gasteiger partial charge < -0.3 is 10.6 Å². The number of aryl methyl sites for hydroxylation is 1. The van der Waals surface area contributed by atoms with Crippen LogP contribution in [0.15, 0.2) is 54.9 Å². The van der Waals surface area contributed by atoms with E-state index in [4.69, 9.17) is 0 Å². The van der Waals surface area contributed by atoms with Crippen molar-refractivity contribution in [1.82, 2.24) is 20.4 Å². The van der Waals surface area contributed by atoms with Crippen LogP contribution >= 0.6 is 0 Å². The molecule has 1 aliphatic carbocycles. The Balaban J connectivity index is 1.65. The van der Waals surface area contributed by atoms with E-state index in [0.717, 1.165) is 28.9 Å². The number of hydrogen-bond acceptors (Lipinski definition) is 5. The largest absolute Gasteiger partial charge is 0.416 e. The van der Waals surface area contributed by atoms with Crippen molar-refractivity contribution in [2.24, 2.45) is 0 Å². The van der Waals surface area contributed by atoms with Crippen LogP contribution in [0.4, 0.5) is 26.7 Å². The zero-order chi connectivity index (χ0) is 30.7. The lowest BCUT2D eigenvalue weighted by atomic mass is 9.99. The topological polar surface area (TPSA) is 93.1 Å². The number of hydrogen-bond donors (Lipinski definition) is 2. The first kappa shape index (κ1) is 31.6. The molecule has 7 nitrogen and oxygen atoms in total. The molecule has 13 heteroatoms. The molecular weight excluding hydrogens is 579 g/mol. The third kappa shape index (κ3) is 7.54. The number of sulfone groups is 1. The van der Waals surface area contributed by atoms with E-state index < -0.39 is 56.1 Å². The minimum atomic E-state index is -4.52. The summed E-state index contributed by atoms with van der Waals surface area (Å²) in [6, 6.07) is 5.38. The number of nitrogens with one attached hydrogen (secondary N) is 2. The summed E-state index contributed by atoms with van der Waals surface area (Å²) in [5, 5.41) is 8.23. The fraction of sp³-hybridized carbons (Fsp3) is 0.414. The molecule has 0 saturated heterocycles. The summed E-state index contributed by atoms with van der Waals surface area (Å²) in [4.78, 5) is 13.1. The monoisotopic (exact) mass is 611 g/mol. The van der Waals surface area contributed by atoms with E-state index in [1.54, 1.807) is 19.9 Å². The zero-order valence-electron chi connectivity index (χ0n) is 23.1. The number of benzene rings is 2. The minimum absolute atomic E-state index is 0.0308. The summed E-state index contributed by atoms with van der Waals surface area (Å²) in [6.07, 6.45) is 1.71. The molecule has 1 saturated carbocycles. The van der Waals surface area contributed by atoms with Gasteiger partial charge in [-0.2, -0.15) is 23.0 Å². The van der Waals surface area contributed by atoms with Crippen LogP contribution in [-0.2, 0) is 21.6 Å². The van der Waals surface area contributed by atoms with E-state index in [9.17, 15) is 35.2 Å². The van der Waals surface area contributed by atoms with Crippen molar-refractivity contribution in [3.63, 3.8) is 0 Å². The molecule has 1 unspecified atom stereocenters. The number of carbonyl (C=O) groups is 1. The summed E-state index contributed by atoms with van der Waals surface area (Å²) in [6.45, 7) is 3.47. The van der Waals surface area contributed by atoms with Crippen LogP contribution in [0.3, 0.4) is 0 Å². The lowest BCUT2D eigenvalue weighted by molar-refractivity contribution is -0.137. The van der Waals surface area contributed by atoms with Crippen molar-refractivity contribution in [2.45, 2.75) is 62.5 Å². The Bertz CT molecular complexity index is 1500. The second-order valence-corrected chi connectivity index (χ2v) is 12.8. The number of alkyl halides is 3. The van der Waals surface area contributed by atoms with Crippen molar-refractivity contribution in [3.8, 4) is 0 Å². The van der Waals surface area contributed by atoms with Crippen LogP contribution in [0, 0.1) is 25.0 Å². The maximum Gasteiger partial charge on any atom is 0.416 e. The van der Waals surface area contributed by atoms with Gasteiger partial charge >= 0.3 is 12.2 Å². The van der Waals surface area contributed by atoms with Crippen molar-refractivity contribution < 1.29 is 35.2 Å². The van der Waals surface area contributed by atoms with Crippen molar-refractivity contribution in [3.05, 3.63) is 95.2 Å². The van der Waals surface area contributed by atoms with Crippen LogP contribution in [-0.4, -0.2) is 42.6 Å². The summed E-state index contributed by atoms with van der Waals surface area (Å²) >= 11 is 0. The summed E-state index contributed by atoms with van der Waals surface area (Å²) in [7, 11) is -4.08. The van der Waals surface area contributed by atoms with E-state index in [1.165, 1.54) is 24.9 Å². The standard InChI is InChI=1S/C29H32F5N4O3S/c1-3-4-12-42(40,41)26(20-13-23(30)16-24(31)14-20)25(37-27(39)38-18-19(2)17-36-38)8-11-35-28(9-10-28)21-6-5-7-22(15-21)29(32,33)34/h5-8,13-18,25-26,35H,3-4,9-12H2,1-2H3,(H,37,39)/t25-,26?/m0/s1. The predicted molar refractivity (Wildman–Crippen MR) is 147 cm³/mol. The number of amides is 1. The Morgan fingerprint density at radius 2 is 1.83 bits per heavy atom. The Hall–Kier alpha value is -3.32. The fourth-order valence-corrected chi connectivity index (χ4v) is 7.03. The van der Waals surface area contributed by atoms with Gasteiger partial charge in [-0.25, -0.2) is 22.0 Å². The molecule has 1 aliphatic rings. The van der Waals surface area contributed by atoms with Crippen molar-refractivity contribution in [1.29, 1.82) is 0 Å². The molecule has 1 amide bonds. The fourth-order valence-electron chi connectivity index (χ4n) is 4.91. The predicted octanol–water partition coefficient (Wildman–Crippen LogP) is 5.85. The number of nitrogens with zero attached hydrogens (tertiary/aromatic N) is 2. The molecule has 42 heavy (non-hydrogen) atoms. The maximum atomic E-state index is 14.3. The normalized spacial score (nSPS) is 16.2. The molecule has 0 aliphatic heterocycles. The molecule has 3 aromatic rings. The minimum Gasteiger partial charge on any atom is -0.331 e. The maximum absolute atomic E-state index is 14.3. The molecule has 1 aromatic heterocycles. The first-order chi connectivity index (χ1) is 19.7. The first-order valence-corrected chi connectivity index (χ1v) is 15.2. The second kappa shape index (κ2) is 12.5.